The maximum Gasteiger partial charge on any atom is 0.125 e. The summed E-state index contributed by atoms with van der Waals surface area (Å²) < 4.78 is 18.5. The van der Waals surface area contributed by atoms with Crippen LogP contribution in [0, 0.1) is 5.82 Å². The Bertz CT molecular complexity index is 484. The molecule has 0 fully saturated rings. The third-order valence-electron chi connectivity index (χ3n) is 2.55. The van der Waals surface area contributed by atoms with Crippen LogP contribution in [0.2, 0.25) is 5.02 Å². The van der Waals surface area contributed by atoms with Crippen molar-refractivity contribution in [2.45, 2.75) is 19.4 Å². The highest BCUT2D eigenvalue weighted by Crippen LogP contribution is 2.28. The van der Waals surface area contributed by atoms with Crippen molar-refractivity contribution in [3.05, 3.63) is 53.2 Å². The Balaban J connectivity index is 2.21. The summed E-state index contributed by atoms with van der Waals surface area (Å²) >= 11 is 6.00. The van der Waals surface area contributed by atoms with Crippen LogP contribution in [0.5, 0.6) is 0 Å². The molecule has 2 nitrogen and oxygen atoms in total. The van der Waals surface area contributed by atoms with Crippen LogP contribution in [0.1, 0.15) is 25.1 Å². The van der Waals surface area contributed by atoms with Gasteiger partial charge in [0.15, 0.2) is 0 Å². The first kappa shape index (κ1) is 12.0. The minimum atomic E-state index is -0.314. The second-order valence-electron chi connectivity index (χ2n) is 3.74. The van der Waals surface area contributed by atoms with Crippen LogP contribution in [0.3, 0.4) is 0 Å². The number of furan rings is 1. The predicted molar refractivity (Wildman–Crippen MR) is 66.8 cm³/mol. The maximum absolute atomic E-state index is 13.1. The largest absolute Gasteiger partial charge is 0.467 e. The second kappa shape index (κ2) is 5.23. The topological polar surface area (TPSA) is 25.2 Å². The van der Waals surface area contributed by atoms with Gasteiger partial charge in [0.25, 0.3) is 0 Å². The van der Waals surface area contributed by atoms with Crippen LogP contribution in [-0.2, 0) is 0 Å². The molecule has 1 aromatic heterocycles. The highest BCUT2D eigenvalue weighted by molar-refractivity contribution is 6.33. The quantitative estimate of drug-likeness (QED) is 0.859. The van der Waals surface area contributed by atoms with E-state index in [2.05, 4.69) is 5.32 Å². The molecule has 1 aromatic carbocycles. The van der Waals surface area contributed by atoms with Gasteiger partial charge in [0.1, 0.15) is 11.6 Å². The van der Waals surface area contributed by atoms with Gasteiger partial charge in [-0.25, -0.2) is 4.39 Å². The van der Waals surface area contributed by atoms with E-state index in [1.165, 1.54) is 18.2 Å². The molecule has 90 valence electrons. The number of anilines is 1. The SMILES string of the molecule is CCC(Nc1cc(F)ccc1Cl)c1ccco1. The van der Waals surface area contributed by atoms with Crippen molar-refractivity contribution in [1.29, 1.82) is 0 Å². The van der Waals surface area contributed by atoms with Crippen molar-refractivity contribution in [3.63, 3.8) is 0 Å². The van der Waals surface area contributed by atoms with Crippen LogP contribution >= 0.6 is 11.6 Å². The Morgan fingerprint density at radius 1 is 1.41 bits per heavy atom. The highest BCUT2D eigenvalue weighted by Gasteiger charge is 2.13. The van der Waals surface area contributed by atoms with Crippen LogP contribution in [-0.4, -0.2) is 0 Å². The van der Waals surface area contributed by atoms with Gasteiger partial charge >= 0.3 is 0 Å². The lowest BCUT2D eigenvalue weighted by atomic mass is 10.1. The number of benzene rings is 1. The van der Waals surface area contributed by atoms with E-state index >= 15 is 0 Å². The maximum atomic E-state index is 13.1. The second-order valence-corrected chi connectivity index (χ2v) is 4.15. The van der Waals surface area contributed by atoms with Crippen molar-refractivity contribution in [3.8, 4) is 0 Å². The van der Waals surface area contributed by atoms with Crippen molar-refractivity contribution < 1.29 is 8.81 Å². The molecule has 1 N–H and O–H groups in total. The summed E-state index contributed by atoms with van der Waals surface area (Å²) in [6.07, 6.45) is 2.44. The zero-order valence-electron chi connectivity index (χ0n) is 9.41. The van der Waals surface area contributed by atoms with Gasteiger partial charge in [-0.15, -0.1) is 0 Å². The molecule has 1 unspecified atom stereocenters. The van der Waals surface area contributed by atoms with E-state index < -0.39 is 0 Å². The van der Waals surface area contributed by atoms with Crippen LogP contribution in [0.4, 0.5) is 10.1 Å². The van der Waals surface area contributed by atoms with Crippen molar-refractivity contribution in [2.24, 2.45) is 0 Å². The standard InChI is InChI=1S/C13H13ClFNO/c1-2-11(13-4-3-7-17-13)16-12-8-9(15)5-6-10(12)14/h3-8,11,16H,2H2,1H3. The van der Waals surface area contributed by atoms with Gasteiger partial charge in [0, 0.05) is 0 Å². The summed E-state index contributed by atoms with van der Waals surface area (Å²) in [6, 6.07) is 7.95. The Labute approximate surface area is 104 Å². The van der Waals surface area contributed by atoms with Gasteiger partial charge in [-0.3, -0.25) is 0 Å². The molecule has 0 bridgehead atoms. The molecule has 0 radical (unpaired) electrons. The smallest absolute Gasteiger partial charge is 0.125 e. The molecule has 1 heterocycles. The molecular formula is C13H13ClFNO. The van der Waals surface area contributed by atoms with E-state index in [4.69, 9.17) is 16.0 Å². The average molecular weight is 254 g/mol. The first-order valence-electron chi connectivity index (χ1n) is 5.45. The predicted octanol–water partition coefficient (Wildman–Crippen LogP) is 4.64. The van der Waals surface area contributed by atoms with Crippen LogP contribution in [0.15, 0.2) is 41.0 Å². The van der Waals surface area contributed by atoms with Crippen molar-refractivity contribution in [1.82, 2.24) is 0 Å². The lowest BCUT2D eigenvalue weighted by Crippen LogP contribution is -2.09. The van der Waals surface area contributed by atoms with E-state index in [0.717, 1.165) is 12.2 Å². The Morgan fingerprint density at radius 2 is 2.24 bits per heavy atom. The first-order chi connectivity index (χ1) is 8.20. The molecule has 2 aromatic rings. The summed E-state index contributed by atoms with van der Waals surface area (Å²) in [7, 11) is 0. The van der Waals surface area contributed by atoms with E-state index in [9.17, 15) is 4.39 Å². The van der Waals surface area contributed by atoms with Gasteiger partial charge in [-0.05, 0) is 36.8 Å². The van der Waals surface area contributed by atoms with E-state index in [1.54, 1.807) is 6.26 Å². The number of halogens is 2. The van der Waals surface area contributed by atoms with Gasteiger partial charge in [0.2, 0.25) is 0 Å². The number of hydrogen-bond acceptors (Lipinski definition) is 2. The average Bonchev–Trinajstić information content (AvgIpc) is 2.84. The third-order valence-corrected chi connectivity index (χ3v) is 2.88. The highest BCUT2D eigenvalue weighted by atomic mass is 35.5. The van der Waals surface area contributed by atoms with Gasteiger partial charge in [-0.1, -0.05) is 18.5 Å². The molecule has 0 aliphatic heterocycles. The summed E-state index contributed by atoms with van der Waals surface area (Å²) in [5.41, 5.74) is 0.579. The summed E-state index contributed by atoms with van der Waals surface area (Å²) in [5.74, 6) is 0.499. The summed E-state index contributed by atoms with van der Waals surface area (Å²) in [4.78, 5) is 0. The molecule has 4 heteroatoms. The molecule has 0 spiro atoms. The molecule has 0 aliphatic carbocycles. The molecule has 1 atom stereocenters. The van der Waals surface area contributed by atoms with Gasteiger partial charge in [-0.2, -0.15) is 0 Å². The lowest BCUT2D eigenvalue weighted by Gasteiger charge is -2.17. The first-order valence-corrected chi connectivity index (χ1v) is 5.83. The summed E-state index contributed by atoms with van der Waals surface area (Å²) in [6.45, 7) is 2.02. The zero-order valence-corrected chi connectivity index (χ0v) is 10.2. The van der Waals surface area contributed by atoms with Gasteiger partial charge in [0.05, 0.1) is 23.0 Å². The fourth-order valence-electron chi connectivity index (χ4n) is 1.66. The Morgan fingerprint density at radius 3 is 2.88 bits per heavy atom. The van der Waals surface area contributed by atoms with Crippen molar-refractivity contribution in [2.75, 3.05) is 5.32 Å². The van der Waals surface area contributed by atoms with E-state index in [1.807, 2.05) is 19.1 Å². The van der Waals surface area contributed by atoms with Crippen LogP contribution < -0.4 is 5.32 Å². The molecule has 0 saturated carbocycles. The van der Waals surface area contributed by atoms with Crippen molar-refractivity contribution >= 4 is 17.3 Å². The minimum Gasteiger partial charge on any atom is -0.467 e. The lowest BCUT2D eigenvalue weighted by molar-refractivity contribution is 0.474. The zero-order chi connectivity index (χ0) is 12.3. The molecule has 17 heavy (non-hydrogen) atoms. The fraction of sp³-hybridized carbons (Fsp3) is 0.231. The Hall–Kier alpha value is -1.48. The third kappa shape index (κ3) is 2.80. The molecule has 0 aliphatic rings. The number of rotatable bonds is 4. The van der Waals surface area contributed by atoms with E-state index in [-0.39, 0.29) is 11.9 Å². The Kier molecular flexibility index (Phi) is 3.69. The van der Waals surface area contributed by atoms with Gasteiger partial charge < -0.3 is 9.73 Å². The molecule has 2 rings (SSSR count). The minimum absolute atomic E-state index is 0.00991. The van der Waals surface area contributed by atoms with Crippen LogP contribution in [0.25, 0.3) is 0 Å². The summed E-state index contributed by atoms with van der Waals surface area (Å²) in [5, 5.41) is 3.67. The van der Waals surface area contributed by atoms with E-state index in [0.29, 0.717) is 10.7 Å². The monoisotopic (exact) mass is 253 g/mol. The normalized spacial score (nSPS) is 12.4. The molecule has 0 saturated heterocycles. The number of hydrogen-bond donors (Lipinski definition) is 1. The molecule has 0 amide bonds. The fourth-order valence-corrected chi connectivity index (χ4v) is 1.83. The molecular weight excluding hydrogens is 241 g/mol. The number of nitrogens with one attached hydrogen (secondary N) is 1.